The van der Waals surface area contributed by atoms with Gasteiger partial charge in [0.1, 0.15) is 0 Å². The van der Waals surface area contributed by atoms with Crippen LogP contribution in [0.4, 0.5) is 0 Å². The van der Waals surface area contributed by atoms with Crippen LogP contribution in [0, 0.1) is 56.7 Å². The van der Waals surface area contributed by atoms with E-state index in [0.29, 0.717) is 66.9 Å². The molecule has 10 heterocycles. The molecule has 0 aliphatic carbocycles. The fourth-order valence-corrected chi connectivity index (χ4v) is 23.3. The van der Waals surface area contributed by atoms with Gasteiger partial charge in [-0.25, -0.2) is 0 Å². The molecule has 20 aromatic rings. The lowest BCUT2D eigenvalue weighted by Gasteiger charge is -2.09. The van der Waals surface area contributed by atoms with Gasteiger partial charge in [0.15, 0.2) is 0 Å². The van der Waals surface area contributed by atoms with Gasteiger partial charge < -0.3 is 24.4 Å². The van der Waals surface area contributed by atoms with Crippen molar-refractivity contribution in [2.75, 3.05) is 19.8 Å². The van der Waals surface area contributed by atoms with E-state index in [1.807, 2.05) is 299 Å². The van der Waals surface area contributed by atoms with E-state index >= 15 is 0 Å². The van der Waals surface area contributed by atoms with Gasteiger partial charge in [0.25, 0.3) is 0 Å². The summed E-state index contributed by atoms with van der Waals surface area (Å²) in [7, 11) is 0. The second kappa shape index (κ2) is 44.5. The Morgan fingerprint density at radius 2 is 0.433 bits per heavy atom. The van der Waals surface area contributed by atoms with Crippen LogP contribution in [0.15, 0.2) is 274 Å². The van der Waals surface area contributed by atoms with E-state index in [9.17, 15) is 50.3 Å². The van der Waals surface area contributed by atoms with Gasteiger partial charge in [0.05, 0.1) is 134 Å². The fourth-order valence-electron chi connectivity index (χ4n) is 17.8. The summed E-state index contributed by atoms with van der Waals surface area (Å²) in [5, 5.41) is 80.6. The van der Waals surface area contributed by atoms with Gasteiger partial charge in [0, 0.05) is 198 Å². The van der Waals surface area contributed by atoms with E-state index < -0.39 is 11.9 Å². The average Bonchev–Trinajstić information content (AvgIpc) is 1.73. The zero-order valence-corrected chi connectivity index (χ0v) is 82.3. The molecule has 10 aromatic heterocycles. The molecule has 0 bridgehead atoms. The van der Waals surface area contributed by atoms with Crippen LogP contribution < -0.4 is 0 Å². The smallest absolute Gasteiger partial charge is 0.306 e. The number of fused-ring (bicyclic) bond motifs is 10. The Morgan fingerprint density at radius 3 is 0.603 bits per heavy atom. The molecule has 0 saturated heterocycles. The van der Waals surface area contributed by atoms with Crippen LogP contribution in [0.2, 0.25) is 0 Å². The van der Waals surface area contributed by atoms with Crippen LogP contribution in [0.5, 0.6) is 0 Å². The Labute approximate surface area is 833 Å². The molecule has 10 aromatic carbocycles. The molecule has 20 rings (SSSR count). The van der Waals surface area contributed by atoms with Gasteiger partial charge in [-0.2, -0.15) is 26.3 Å². The summed E-state index contributed by atoms with van der Waals surface area (Å²) in [4.78, 5) is 85.4. The number of esters is 3. The van der Waals surface area contributed by atoms with Crippen molar-refractivity contribution in [1.82, 2.24) is 24.9 Å². The number of hydrogen-bond donors (Lipinski definition) is 2. The molecule has 1 unspecified atom stereocenters. The van der Waals surface area contributed by atoms with Crippen LogP contribution in [0.25, 0.3) is 160 Å². The zero-order valence-electron chi connectivity index (χ0n) is 78.2. The van der Waals surface area contributed by atoms with Crippen molar-refractivity contribution in [2.24, 2.45) is 0 Å². The van der Waals surface area contributed by atoms with Crippen LogP contribution in [0.1, 0.15) is 169 Å². The first-order valence-corrected chi connectivity index (χ1v) is 50.0. The summed E-state index contributed by atoms with van der Waals surface area (Å²) >= 11 is 8.18. The minimum Gasteiger partial charge on any atom is -0.481 e. The minimum absolute atomic E-state index is 0.0505. The van der Waals surface area contributed by atoms with Gasteiger partial charge in [-0.15, -0.1) is 56.7 Å². The van der Waals surface area contributed by atoms with Crippen molar-refractivity contribution in [1.29, 1.82) is 26.3 Å². The third-order valence-electron chi connectivity index (χ3n) is 24.7. The quantitative estimate of drug-likeness (QED) is 0.0444. The average molecular weight is 1950 g/mol. The largest absolute Gasteiger partial charge is 0.481 e. The van der Waals surface area contributed by atoms with Gasteiger partial charge in [-0.05, 0) is 136 Å². The number of nitrogens with zero attached hydrogens (tertiary/aromatic N) is 10. The lowest BCUT2D eigenvalue weighted by atomic mass is 9.94. The highest BCUT2D eigenvalue weighted by Gasteiger charge is 2.26. The first-order valence-electron chi connectivity index (χ1n) is 45.9. The van der Waals surface area contributed by atoms with E-state index in [1.165, 1.54) is 0 Å². The fraction of sp³-hybridized carbons (Fsp3) is 0.181. The number of benzene rings is 10. The maximum atomic E-state index is 11.9. The molecule has 0 saturated carbocycles. The Kier molecular flexibility index (Phi) is 30.9. The number of carboxylic acids is 2. The minimum atomic E-state index is -0.795. The van der Waals surface area contributed by atoms with Gasteiger partial charge in [0.2, 0.25) is 0 Å². The summed E-state index contributed by atoms with van der Waals surface area (Å²) in [6, 6.07) is 80.8. The molecule has 0 amide bonds. The summed E-state index contributed by atoms with van der Waals surface area (Å²) in [6.45, 7) is 16.7. The van der Waals surface area contributed by atoms with Crippen molar-refractivity contribution >= 4 is 191 Å². The summed E-state index contributed by atoms with van der Waals surface area (Å²) < 4.78 is 20.6. The number of rotatable bonds is 23. The highest BCUT2D eigenvalue weighted by molar-refractivity contribution is 7.20. The molecule has 696 valence electrons. The molecule has 5 atom stereocenters. The molecular formula is C116H92N10O10S5. The van der Waals surface area contributed by atoms with E-state index in [2.05, 4.69) is 85.6 Å². The number of ether oxygens (including phenoxy) is 3. The Hall–Kier alpha value is -16.2. The maximum Gasteiger partial charge on any atom is 0.306 e. The topological polar surface area (TPSA) is 337 Å². The molecule has 20 nitrogen and oxygen atoms in total. The third-order valence-corrected chi connectivity index (χ3v) is 31.2. The number of hydrogen-bond acceptors (Lipinski definition) is 23. The van der Waals surface area contributed by atoms with Crippen molar-refractivity contribution < 1.29 is 48.4 Å². The Balaban J connectivity index is 0.000000127. The summed E-state index contributed by atoms with van der Waals surface area (Å²) in [5.41, 5.74) is 13.6. The second-order valence-corrected chi connectivity index (χ2v) is 39.6. The number of aliphatic carboxylic acids is 2. The molecule has 0 aliphatic heterocycles. The van der Waals surface area contributed by atoms with E-state index in [0.717, 1.165) is 184 Å². The molecule has 0 spiro atoms. The normalized spacial score (nSPS) is 12.1. The predicted molar refractivity (Wildman–Crippen MR) is 567 cm³/mol. The molecule has 141 heavy (non-hydrogen) atoms. The molecule has 25 heteroatoms. The number of aromatic nitrogens is 5. The highest BCUT2D eigenvalue weighted by Crippen LogP contribution is 2.47. The van der Waals surface area contributed by atoms with Crippen LogP contribution in [0.3, 0.4) is 0 Å². The summed E-state index contributed by atoms with van der Waals surface area (Å²) in [5.74, 6) is -1.97. The van der Waals surface area contributed by atoms with Crippen molar-refractivity contribution in [3.63, 3.8) is 0 Å². The molecule has 2 N–H and O–H groups in total. The number of carbonyl (C=O) groups excluding carboxylic acids is 3. The molecule has 0 radical (unpaired) electrons. The molecule has 0 fully saturated rings. The van der Waals surface area contributed by atoms with Crippen molar-refractivity contribution in [3.05, 3.63) is 326 Å². The van der Waals surface area contributed by atoms with Gasteiger partial charge >= 0.3 is 29.8 Å². The Bertz CT molecular complexity index is 7810. The Morgan fingerprint density at radius 1 is 0.255 bits per heavy atom. The van der Waals surface area contributed by atoms with Crippen LogP contribution >= 0.6 is 56.7 Å². The van der Waals surface area contributed by atoms with Crippen LogP contribution in [-0.4, -0.2) is 84.8 Å². The summed E-state index contributed by atoms with van der Waals surface area (Å²) in [6.07, 6.45) is 19.9. The predicted octanol–water partition coefficient (Wildman–Crippen LogP) is 29.3. The van der Waals surface area contributed by atoms with Crippen molar-refractivity contribution in [3.8, 4) is 86.0 Å². The number of pyridine rings is 5. The van der Waals surface area contributed by atoms with Crippen molar-refractivity contribution in [2.45, 2.75) is 117 Å². The van der Waals surface area contributed by atoms with Gasteiger partial charge in [-0.3, -0.25) is 48.9 Å². The standard InChI is InChI=1S/3C24H20N2O2S.2C22H16N2O2S/c3*1-3-28-24(27)10-15(2)22-11-20-21(13-26-14-23(20)29-22)19-9-8-16(12-25)17-6-4-5-7-18(17)19;2*1-13(8-22(25)26)20-9-18-19(11-24-12-21(18)27-20)17-7-6-14(10-23)15-4-2-3-5-16(15)17/h3*4-9,11,13-15H,3,10H2,1-2H3;2*2-7,9,11-13H,8H2,1H3,(H,25,26)/t2*15-;;2*13-/m10.10/s1. The lowest BCUT2D eigenvalue weighted by molar-refractivity contribution is -0.144. The molecular weight excluding hydrogens is 1850 g/mol. The van der Waals surface area contributed by atoms with Gasteiger partial charge in [-0.1, -0.05) is 186 Å². The lowest BCUT2D eigenvalue weighted by Crippen LogP contribution is -2.07. The highest BCUT2D eigenvalue weighted by atomic mass is 32.1. The van der Waals surface area contributed by atoms with Crippen LogP contribution in [-0.2, 0) is 38.2 Å². The first-order chi connectivity index (χ1) is 68.5. The van der Waals surface area contributed by atoms with E-state index in [1.54, 1.807) is 56.7 Å². The van der Waals surface area contributed by atoms with E-state index in [-0.39, 0.29) is 60.3 Å². The monoisotopic (exact) mass is 1940 g/mol. The number of thiophene rings is 5. The number of nitriles is 5. The second-order valence-electron chi connectivity index (χ2n) is 34.1. The molecule has 0 aliphatic rings. The zero-order chi connectivity index (χ0) is 99.1. The SMILES string of the molecule is CCOC(=O)CC(C)c1cc2c(-c3ccc(C#N)c4ccccc34)cncc2s1.CCOC(=O)C[C@@H](C)c1cc2c(-c3ccc(C#N)c4ccccc34)cncc2s1.CCOC(=O)C[C@H](C)c1cc2c(-c3ccc(C#N)c4ccccc34)cncc2s1.C[C@@H](CC(=O)O)c1cc2c(-c3ccc(C#N)c4ccccc34)cncc2s1.C[C@H](CC(=O)O)c1cc2c(-c3ccc(C#N)c4ccccc34)cncc2s1. The van der Waals surface area contributed by atoms with E-state index in [4.69, 9.17) is 24.4 Å². The first kappa shape index (κ1) is 97.9. The maximum absolute atomic E-state index is 11.9. The number of carboxylic acid groups (broad SMARTS) is 2. The third kappa shape index (κ3) is 21.4. The number of carbonyl (C=O) groups is 5.